The fourth-order valence-corrected chi connectivity index (χ4v) is 3.51. The highest BCUT2D eigenvalue weighted by Gasteiger charge is 2.45. The summed E-state index contributed by atoms with van der Waals surface area (Å²) in [6.07, 6.45) is 2.71. The SMILES string of the molecule is O=C(Cc1csc(Cc2ccccc2)n1)NC1(C(=O)O)CCC1. The van der Waals surface area contributed by atoms with Gasteiger partial charge in [-0.3, -0.25) is 4.79 Å². The molecule has 1 aromatic carbocycles. The summed E-state index contributed by atoms with van der Waals surface area (Å²) in [7, 11) is 0. The molecular formula is C17H18N2O3S. The van der Waals surface area contributed by atoms with E-state index in [1.165, 1.54) is 16.9 Å². The Labute approximate surface area is 138 Å². The van der Waals surface area contributed by atoms with Crippen LogP contribution in [0, 0.1) is 0 Å². The molecule has 0 saturated heterocycles. The lowest BCUT2D eigenvalue weighted by Crippen LogP contribution is -2.59. The summed E-state index contributed by atoms with van der Waals surface area (Å²) in [5, 5.41) is 14.7. The molecule has 0 spiro atoms. The molecule has 5 nitrogen and oxygen atoms in total. The zero-order chi connectivity index (χ0) is 16.3. The van der Waals surface area contributed by atoms with Gasteiger partial charge in [-0.15, -0.1) is 11.3 Å². The molecular weight excluding hydrogens is 312 g/mol. The van der Waals surface area contributed by atoms with E-state index in [1.807, 2.05) is 35.7 Å². The Morgan fingerprint density at radius 2 is 2.00 bits per heavy atom. The highest BCUT2D eigenvalue weighted by molar-refractivity contribution is 7.09. The number of hydrogen-bond acceptors (Lipinski definition) is 4. The number of nitrogens with one attached hydrogen (secondary N) is 1. The lowest BCUT2D eigenvalue weighted by molar-refractivity contribution is -0.151. The van der Waals surface area contributed by atoms with E-state index < -0.39 is 11.5 Å². The van der Waals surface area contributed by atoms with Gasteiger partial charge in [0, 0.05) is 11.8 Å². The number of thiazole rings is 1. The highest BCUT2D eigenvalue weighted by atomic mass is 32.1. The zero-order valence-corrected chi connectivity index (χ0v) is 13.4. The van der Waals surface area contributed by atoms with Gasteiger partial charge in [0.25, 0.3) is 0 Å². The van der Waals surface area contributed by atoms with Gasteiger partial charge in [0.1, 0.15) is 5.54 Å². The van der Waals surface area contributed by atoms with E-state index in [2.05, 4.69) is 10.3 Å². The van der Waals surface area contributed by atoms with Crippen molar-refractivity contribution in [3.05, 3.63) is 52.0 Å². The average Bonchev–Trinajstić information content (AvgIpc) is 2.90. The van der Waals surface area contributed by atoms with Crippen LogP contribution < -0.4 is 5.32 Å². The molecule has 2 N–H and O–H groups in total. The van der Waals surface area contributed by atoms with Crippen LogP contribution in [-0.2, 0) is 22.4 Å². The van der Waals surface area contributed by atoms with E-state index in [1.54, 1.807) is 0 Å². The van der Waals surface area contributed by atoms with Crippen molar-refractivity contribution in [1.82, 2.24) is 10.3 Å². The van der Waals surface area contributed by atoms with Crippen molar-refractivity contribution in [2.45, 2.75) is 37.6 Å². The molecule has 23 heavy (non-hydrogen) atoms. The maximum Gasteiger partial charge on any atom is 0.329 e. The quantitative estimate of drug-likeness (QED) is 0.852. The van der Waals surface area contributed by atoms with Gasteiger partial charge in [0.15, 0.2) is 0 Å². The summed E-state index contributed by atoms with van der Waals surface area (Å²) in [5.41, 5.74) is 0.815. The zero-order valence-electron chi connectivity index (χ0n) is 12.6. The molecule has 1 amide bonds. The van der Waals surface area contributed by atoms with Crippen molar-refractivity contribution in [2.75, 3.05) is 0 Å². The lowest BCUT2D eigenvalue weighted by Gasteiger charge is -2.38. The first kappa shape index (κ1) is 15.7. The van der Waals surface area contributed by atoms with Gasteiger partial charge >= 0.3 is 5.97 Å². The minimum Gasteiger partial charge on any atom is -0.480 e. The molecule has 0 atom stereocenters. The van der Waals surface area contributed by atoms with Crippen molar-refractivity contribution in [3.63, 3.8) is 0 Å². The number of benzene rings is 1. The van der Waals surface area contributed by atoms with E-state index in [9.17, 15) is 14.7 Å². The van der Waals surface area contributed by atoms with Crippen LogP contribution in [-0.4, -0.2) is 27.5 Å². The van der Waals surface area contributed by atoms with Gasteiger partial charge in [0.2, 0.25) is 5.91 Å². The number of hydrogen-bond donors (Lipinski definition) is 2. The van der Waals surface area contributed by atoms with Crippen LogP contribution in [0.1, 0.15) is 35.5 Å². The normalized spacial score (nSPS) is 15.7. The van der Waals surface area contributed by atoms with E-state index in [4.69, 9.17) is 0 Å². The Morgan fingerprint density at radius 3 is 2.61 bits per heavy atom. The van der Waals surface area contributed by atoms with Crippen molar-refractivity contribution in [3.8, 4) is 0 Å². The number of nitrogens with zero attached hydrogens (tertiary/aromatic N) is 1. The van der Waals surface area contributed by atoms with Crippen LogP contribution in [0.3, 0.4) is 0 Å². The first-order valence-corrected chi connectivity index (χ1v) is 8.47. The lowest BCUT2D eigenvalue weighted by atomic mass is 9.76. The number of rotatable bonds is 6. The highest BCUT2D eigenvalue weighted by Crippen LogP contribution is 2.32. The molecule has 0 unspecified atom stereocenters. The van der Waals surface area contributed by atoms with Crippen molar-refractivity contribution in [1.29, 1.82) is 0 Å². The van der Waals surface area contributed by atoms with Gasteiger partial charge in [0.05, 0.1) is 17.1 Å². The molecule has 1 aromatic heterocycles. The largest absolute Gasteiger partial charge is 0.480 e. The number of aliphatic carboxylic acids is 1. The number of carboxylic acid groups (broad SMARTS) is 1. The molecule has 0 aliphatic heterocycles. The maximum atomic E-state index is 12.1. The van der Waals surface area contributed by atoms with E-state index >= 15 is 0 Å². The number of aromatic nitrogens is 1. The van der Waals surface area contributed by atoms with Crippen molar-refractivity contribution < 1.29 is 14.7 Å². The third-order valence-corrected chi connectivity index (χ3v) is 5.03. The molecule has 2 aromatic rings. The third-order valence-electron chi connectivity index (χ3n) is 4.13. The third kappa shape index (κ3) is 3.59. The molecule has 1 aliphatic rings. The molecule has 1 heterocycles. The Bertz CT molecular complexity index is 708. The average molecular weight is 330 g/mol. The summed E-state index contributed by atoms with van der Waals surface area (Å²) in [6.45, 7) is 0. The summed E-state index contributed by atoms with van der Waals surface area (Å²) < 4.78 is 0. The number of carbonyl (C=O) groups excluding carboxylic acids is 1. The Balaban J connectivity index is 1.58. The first-order valence-electron chi connectivity index (χ1n) is 7.59. The van der Waals surface area contributed by atoms with Gasteiger partial charge in [-0.1, -0.05) is 30.3 Å². The molecule has 1 fully saturated rings. The van der Waals surface area contributed by atoms with E-state index in [-0.39, 0.29) is 12.3 Å². The summed E-state index contributed by atoms with van der Waals surface area (Å²) >= 11 is 1.52. The van der Waals surface area contributed by atoms with Crippen LogP contribution in [0.15, 0.2) is 35.7 Å². The second kappa shape index (κ2) is 6.50. The Morgan fingerprint density at radius 1 is 1.26 bits per heavy atom. The fraction of sp³-hybridized carbons (Fsp3) is 0.353. The molecule has 6 heteroatoms. The Kier molecular flexibility index (Phi) is 4.43. The van der Waals surface area contributed by atoms with E-state index in [0.717, 1.165) is 17.8 Å². The van der Waals surface area contributed by atoms with Gasteiger partial charge in [-0.05, 0) is 24.8 Å². The maximum absolute atomic E-state index is 12.1. The summed E-state index contributed by atoms with van der Waals surface area (Å²) in [6, 6.07) is 10.0. The minimum absolute atomic E-state index is 0.125. The molecule has 0 radical (unpaired) electrons. The van der Waals surface area contributed by atoms with Crippen LogP contribution in [0.25, 0.3) is 0 Å². The van der Waals surface area contributed by atoms with Crippen LogP contribution >= 0.6 is 11.3 Å². The van der Waals surface area contributed by atoms with Crippen LogP contribution in [0.4, 0.5) is 0 Å². The standard InChI is InChI=1S/C17H18N2O3S/c20-14(19-17(16(21)22)7-4-8-17)10-13-11-23-15(18-13)9-12-5-2-1-3-6-12/h1-3,5-6,11H,4,7-10H2,(H,19,20)(H,21,22). The van der Waals surface area contributed by atoms with Crippen molar-refractivity contribution >= 4 is 23.2 Å². The predicted octanol–water partition coefficient (Wildman–Crippen LogP) is 2.40. The molecule has 120 valence electrons. The van der Waals surface area contributed by atoms with Crippen molar-refractivity contribution in [2.24, 2.45) is 0 Å². The fourth-order valence-electron chi connectivity index (χ4n) is 2.68. The predicted molar refractivity (Wildman–Crippen MR) is 87.4 cm³/mol. The number of carbonyl (C=O) groups is 2. The smallest absolute Gasteiger partial charge is 0.329 e. The van der Waals surface area contributed by atoms with Gasteiger partial charge in [-0.25, -0.2) is 9.78 Å². The molecule has 1 aliphatic carbocycles. The first-order chi connectivity index (χ1) is 11.1. The Hall–Kier alpha value is -2.21. The van der Waals surface area contributed by atoms with Crippen LogP contribution in [0.5, 0.6) is 0 Å². The molecule has 3 rings (SSSR count). The van der Waals surface area contributed by atoms with E-state index in [0.29, 0.717) is 18.5 Å². The van der Waals surface area contributed by atoms with Crippen LogP contribution in [0.2, 0.25) is 0 Å². The summed E-state index contributed by atoms with van der Waals surface area (Å²) in [5.74, 6) is -1.22. The minimum atomic E-state index is -1.06. The van der Waals surface area contributed by atoms with Gasteiger partial charge in [-0.2, -0.15) is 0 Å². The second-order valence-electron chi connectivity index (χ2n) is 5.86. The molecule has 1 saturated carbocycles. The molecule has 0 bridgehead atoms. The van der Waals surface area contributed by atoms with Gasteiger partial charge < -0.3 is 10.4 Å². The second-order valence-corrected chi connectivity index (χ2v) is 6.80. The number of carboxylic acids is 1. The summed E-state index contributed by atoms with van der Waals surface area (Å²) in [4.78, 5) is 27.8. The monoisotopic (exact) mass is 330 g/mol. The number of amides is 1. The topological polar surface area (TPSA) is 79.3 Å².